The maximum atomic E-state index is 13.6. The van der Waals surface area contributed by atoms with Gasteiger partial charge >= 0.3 is 0 Å². The van der Waals surface area contributed by atoms with Crippen molar-refractivity contribution in [3.8, 4) is 10.6 Å². The van der Waals surface area contributed by atoms with Crippen molar-refractivity contribution in [1.29, 1.82) is 0 Å². The zero-order valence-corrected chi connectivity index (χ0v) is 18.2. The van der Waals surface area contributed by atoms with E-state index in [-0.39, 0.29) is 22.1 Å². The summed E-state index contributed by atoms with van der Waals surface area (Å²) in [7, 11) is -6.94. The average molecular weight is 476 g/mol. The molecular formula is C18H15ClFNO5S3. The summed E-state index contributed by atoms with van der Waals surface area (Å²) in [6.45, 7) is -0.115. The predicted octanol–water partition coefficient (Wildman–Crippen LogP) is 3.86. The van der Waals surface area contributed by atoms with Gasteiger partial charge in [0, 0.05) is 17.7 Å². The van der Waals surface area contributed by atoms with Crippen molar-refractivity contribution in [1.82, 2.24) is 4.98 Å². The topological polar surface area (TPSA) is 90.4 Å². The van der Waals surface area contributed by atoms with Gasteiger partial charge in [0.15, 0.2) is 19.1 Å². The SMILES string of the molecule is COCCS(=O)(=O)c1sc(-c2cccc(F)c2)nc1S(=O)(=O)c1ccc(Cl)cc1. The molecule has 11 heteroatoms. The molecule has 0 atom stereocenters. The molecule has 0 spiro atoms. The van der Waals surface area contributed by atoms with Crippen molar-refractivity contribution in [2.45, 2.75) is 14.1 Å². The zero-order chi connectivity index (χ0) is 21.2. The standard InChI is InChI=1S/C18H15ClFNO5S3/c1-26-9-10-28(22,23)18-17(29(24,25)15-7-5-13(19)6-8-15)21-16(27-18)12-3-2-4-14(20)11-12/h2-8,11H,9-10H2,1H3. The van der Waals surface area contributed by atoms with E-state index in [2.05, 4.69) is 4.98 Å². The van der Waals surface area contributed by atoms with E-state index in [0.717, 1.165) is 6.07 Å². The molecule has 0 N–H and O–H groups in total. The first kappa shape index (κ1) is 21.8. The summed E-state index contributed by atoms with van der Waals surface area (Å²) < 4.78 is 69.8. The van der Waals surface area contributed by atoms with Gasteiger partial charge in [-0.05, 0) is 36.4 Å². The Morgan fingerprint density at radius 1 is 1.10 bits per heavy atom. The highest BCUT2D eigenvalue weighted by Gasteiger charge is 2.33. The molecule has 0 aliphatic rings. The summed E-state index contributed by atoms with van der Waals surface area (Å²) in [5, 5.41) is -0.191. The average Bonchev–Trinajstić information content (AvgIpc) is 3.14. The summed E-state index contributed by atoms with van der Waals surface area (Å²) in [5.74, 6) is -0.971. The molecule has 0 saturated carbocycles. The minimum atomic E-state index is -4.26. The Hall–Kier alpha value is -1.85. The van der Waals surface area contributed by atoms with Crippen molar-refractivity contribution < 1.29 is 26.0 Å². The largest absolute Gasteiger partial charge is 0.384 e. The van der Waals surface area contributed by atoms with Crippen LogP contribution in [0, 0.1) is 5.82 Å². The highest BCUT2D eigenvalue weighted by atomic mass is 35.5. The molecule has 0 aliphatic heterocycles. The van der Waals surface area contributed by atoms with Gasteiger partial charge in [0.2, 0.25) is 9.84 Å². The third kappa shape index (κ3) is 4.67. The Morgan fingerprint density at radius 3 is 2.41 bits per heavy atom. The molecule has 29 heavy (non-hydrogen) atoms. The summed E-state index contributed by atoms with van der Waals surface area (Å²) in [6, 6.07) is 10.6. The molecule has 154 valence electrons. The molecule has 0 bridgehead atoms. The van der Waals surface area contributed by atoms with Crippen LogP contribution in [0.4, 0.5) is 4.39 Å². The van der Waals surface area contributed by atoms with E-state index in [0.29, 0.717) is 16.4 Å². The van der Waals surface area contributed by atoms with Crippen molar-refractivity contribution >= 4 is 42.6 Å². The van der Waals surface area contributed by atoms with Crippen molar-refractivity contribution in [3.05, 3.63) is 59.4 Å². The molecule has 2 aromatic carbocycles. The number of nitrogens with zero attached hydrogens (tertiary/aromatic N) is 1. The van der Waals surface area contributed by atoms with Crippen molar-refractivity contribution in [2.75, 3.05) is 19.5 Å². The van der Waals surface area contributed by atoms with Crippen LogP contribution in [0.2, 0.25) is 5.02 Å². The van der Waals surface area contributed by atoms with E-state index in [9.17, 15) is 21.2 Å². The first-order chi connectivity index (χ1) is 13.6. The van der Waals surface area contributed by atoms with Crippen LogP contribution in [0.5, 0.6) is 0 Å². The Kier molecular flexibility index (Phi) is 6.39. The second kappa shape index (κ2) is 8.49. The molecule has 0 aliphatic carbocycles. The number of rotatable bonds is 7. The number of sulfone groups is 2. The van der Waals surface area contributed by atoms with Crippen LogP contribution in [0.15, 0.2) is 62.7 Å². The van der Waals surface area contributed by atoms with Crippen molar-refractivity contribution in [3.63, 3.8) is 0 Å². The predicted molar refractivity (Wildman–Crippen MR) is 108 cm³/mol. The van der Waals surface area contributed by atoms with Crippen LogP contribution >= 0.6 is 22.9 Å². The minimum absolute atomic E-state index is 0.0769. The lowest BCUT2D eigenvalue weighted by atomic mass is 10.2. The molecule has 0 saturated heterocycles. The third-order valence-electron chi connectivity index (χ3n) is 3.86. The van der Waals surface area contributed by atoms with Crippen LogP contribution in [0.3, 0.4) is 0 Å². The molecule has 6 nitrogen and oxygen atoms in total. The van der Waals surface area contributed by atoms with E-state index < -0.39 is 40.5 Å². The molecule has 1 aromatic heterocycles. The van der Waals surface area contributed by atoms with Crippen LogP contribution in [-0.4, -0.2) is 41.3 Å². The zero-order valence-electron chi connectivity index (χ0n) is 15.0. The quantitative estimate of drug-likeness (QED) is 0.515. The Balaban J connectivity index is 2.22. The Labute approximate surface area is 176 Å². The number of hydrogen-bond acceptors (Lipinski definition) is 7. The number of hydrogen-bond donors (Lipinski definition) is 0. The van der Waals surface area contributed by atoms with Crippen LogP contribution in [-0.2, 0) is 24.4 Å². The lowest BCUT2D eigenvalue weighted by molar-refractivity contribution is 0.217. The van der Waals surface area contributed by atoms with Crippen molar-refractivity contribution in [2.24, 2.45) is 0 Å². The normalized spacial score (nSPS) is 12.2. The third-order valence-corrected chi connectivity index (χ3v) is 9.44. The fourth-order valence-corrected chi connectivity index (χ4v) is 7.48. The maximum Gasteiger partial charge on any atom is 0.226 e. The fourth-order valence-electron chi connectivity index (χ4n) is 2.41. The highest BCUT2D eigenvalue weighted by molar-refractivity contribution is 7.96. The molecule has 1 heterocycles. The van der Waals surface area contributed by atoms with Gasteiger partial charge in [-0.25, -0.2) is 26.2 Å². The first-order valence-electron chi connectivity index (χ1n) is 8.14. The molecule has 0 radical (unpaired) electrons. The molecule has 3 aromatic rings. The van der Waals surface area contributed by atoms with Gasteiger partial charge in [0.05, 0.1) is 17.3 Å². The highest BCUT2D eigenvalue weighted by Crippen LogP contribution is 2.37. The fraction of sp³-hybridized carbons (Fsp3) is 0.167. The van der Waals surface area contributed by atoms with E-state index >= 15 is 0 Å². The second-order valence-corrected chi connectivity index (χ2v) is 11.5. The maximum absolute atomic E-state index is 13.6. The Bertz CT molecular complexity index is 1240. The second-order valence-electron chi connectivity index (χ2n) is 5.89. The molecule has 0 unspecified atom stereocenters. The van der Waals surface area contributed by atoms with Crippen LogP contribution in [0.25, 0.3) is 10.6 Å². The van der Waals surface area contributed by atoms with Crippen LogP contribution < -0.4 is 0 Å². The summed E-state index contributed by atoms with van der Waals surface area (Å²) in [5.41, 5.74) is 0.274. The van der Waals surface area contributed by atoms with Gasteiger partial charge in [0.1, 0.15) is 10.8 Å². The smallest absolute Gasteiger partial charge is 0.226 e. The Morgan fingerprint density at radius 2 is 1.79 bits per heavy atom. The first-order valence-corrected chi connectivity index (χ1v) is 12.5. The van der Waals surface area contributed by atoms with Gasteiger partial charge in [-0.15, -0.1) is 11.3 Å². The van der Waals surface area contributed by atoms with E-state index in [1.165, 1.54) is 49.6 Å². The number of ether oxygens (including phenoxy) is 1. The lowest BCUT2D eigenvalue weighted by Crippen LogP contribution is -2.14. The van der Waals surface area contributed by atoms with E-state index in [4.69, 9.17) is 16.3 Å². The van der Waals surface area contributed by atoms with Gasteiger partial charge in [0.25, 0.3) is 0 Å². The minimum Gasteiger partial charge on any atom is -0.384 e. The number of methoxy groups -OCH3 is 1. The summed E-state index contributed by atoms with van der Waals surface area (Å²) >= 11 is 6.49. The van der Waals surface area contributed by atoms with E-state index in [1.54, 1.807) is 0 Å². The van der Waals surface area contributed by atoms with Gasteiger partial charge < -0.3 is 4.74 Å². The monoisotopic (exact) mass is 475 g/mol. The lowest BCUT2D eigenvalue weighted by Gasteiger charge is -2.06. The van der Waals surface area contributed by atoms with E-state index in [1.807, 2.05) is 0 Å². The number of thiazole rings is 1. The van der Waals surface area contributed by atoms with Gasteiger partial charge in [-0.2, -0.15) is 0 Å². The molecular weight excluding hydrogens is 461 g/mol. The number of halogens is 2. The summed E-state index contributed by atoms with van der Waals surface area (Å²) in [6.07, 6.45) is 0. The molecule has 3 rings (SSSR count). The van der Waals surface area contributed by atoms with Gasteiger partial charge in [-0.1, -0.05) is 23.7 Å². The number of aromatic nitrogens is 1. The molecule has 0 fully saturated rings. The molecule has 0 amide bonds. The summed E-state index contributed by atoms with van der Waals surface area (Å²) in [4.78, 5) is 3.93. The van der Waals surface area contributed by atoms with Crippen LogP contribution in [0.1, 0.15) is 0 Å². The van der Waals surface area contributed by atoms with Gasteiger partial charge in [-0.3, -0.25) is 0 Å². The number of benzene rings is 2.